The number of esters is 1. The van der Waals surface area contributed by atoms with Crippen LogP contribution >= 0.6 is 0 Å². The van der Waals surface area contributed by atoms with Gasteiger partial charge in [0.1, 0.15) is 16.9 Å². The molecule has 0 unspecified atom stereocenters. The van der Waals surface area contributed by atoms with E-state index in [4.69, 9.17) is 5.73 Å². The number of benzene rings is 2. The third-order valence-corrected chi connectivity index (χ3v) is 4.20. The molecule has 0 spiro atoms. The summed E-state index contributed by atoms with van der Waals surface area (Å²) in [5.74, 6) is -3.98. The molecule has 0 aliphatic rings. The SMILES string of the molecule is COC(=O)c1cc(C(=O)C(N)=O)c2cc(Cc3ccc(F)cc3)cnc2c1O. The van der Waals surface area contributed by atoms with Crippen molar-refractivity contribution in [3.05, 3.63) is 70.7 Å². The van der Waals surface area contributed by atoms with Crippen molar-refractivity contribution in [3.63, 3.8) is 0 Å². The van der Waals surface area contributed by atoms with Gasteiger partial charge in [0.15, 0.2) is 5.75 Å². The number of fused-ring (bicyclic) bond motifs is 1. The van der Waals surface area contributed by atoms with E-state index in [0.29, 0.717) is 12.0 Å². The molecule has 0 bridgehead atoms. The number of primary amides is 1. The van der Waals surface area contributed by atoms with Crippen LogP contribution < -0.4 is 5.73 Å². The second-order valence-corrected chi connectivity index (χ2v) is 6.05. The number of nitrogens with two attached hydrogens (primary N) is 1. The third kappa shape index (κ3) is 3.52. The minimum Gasteiger partial charge on any atom is -0.505 e. The molecule has 3 N–H and O–H groups in total. The van der Waals surface area contributed by atoms with E-state index < -0.39 is 23.4 Å². The summed E-state index contributed by atoms with van der Waals surface area (Å²) in [7, 11) is 1.11. The molecule has 0 aliphatic heterocycles. The average Bonchev–Trinajstić information content (AvgIpc) is 2.69. The summed E-state index contributed by atoms with van der Waals surface area (Å²) in [6.45, 7) is 0. The van der Waals surface area contributed by atoms with Crippen LogP contribution in [-0.4, -0.2) is 34.9 Å². The normalized spacial score (nSPS) is 10.6. The Morgan fingerprint density at radius 1 is 1.11 bits per heavy atom. The van der Waals surface area contributed by atoms with Gasteiger partial charge in [-0.05, 0) is 41.8 Å². The number of carbonyl (C=O) groups is 3. The molecule has 2 aromatic carbocycles. The number of pyridine rings is 1. The van der Waals surface area contributed by atoms with Crippen molar-refractivity contribution in [1.29, 1.82) is 0 Å². The van der Waals surface area contributed by atoms with E-state index in [2.05, 4.69) is 9.72 Å². The van der Waals surface area contributed by atoms with Crippen molar-refractivity contribution in [2.75, 3.05) is 7.11 Å². The van der Waals surface area contributed by atoms with Crippen LogP contribution in [0.4, 0.5) is 4.39 Å². The minimum atomic E-state index is -1.22. The first-order chi connectivity index (χ1) is 13.3. The highest BCUT2D eigenvalue weighted by Crippen LogP contribution is 2.32. The molecular formula is C20H15FN2O5. The Kier molecular flexibility index (Phi) is 5.04. The van der Waals surface area contributed by atoms with E-state index >= 15 is 0 Å². The maximum Gasteiger partial charge on any atom is 0.341 e. The van der Waals surface area contributed by atoms with Crippen LogP contribution in [-0.2, 0) is 16.0 Å². The highest BCUT2D eigenvalue weighted by Gasteiger charge is 2.24. The first-order valence-electron chi connectivity index (χ1n) is 8.13. The molecule has 142 valence electrons. The summed E-state index contributed by atoms with van der Waals surface area (Å²) in [6.07, 6.45) is 1.82. The lowest BCUT2D eigenvalue weighted by molar-refractivity contribution is -0.114. The predicted octanol–water partition coefficient (Wildman–Crippen LogP) is 2.12. The molecule has 0 saturated heterocycles. The Balaban J connectivity index is 2.18. The number of ether oxygens (including phenoxy) is 1. The van der Waals surface area contributed by atoms with Gasteiger partial charge in [0.05, 0.1) is 7.11 Å². The number of halogens is 1. The number of phenolic OH excluding ortho intramolecular Hbond substituents is 1. The smallest absolute Gasteiger partial charge is 0.341 e. The lowest BCUT2D eigenvalue weighted by atomic mass is 9.97. The molecule has 7 nitrogen and oxygen atoms in total. The number of carbonyl (C=O) groups excluding carboxylic acids is 3. The Bertz CT molecular complexity index is 1110. The van der Waals surface area contributed by atoms with E-state index in [-0.39, 0.29) is 27.8 Å². The second-order valence-electron chi connectivity index (χ2n) is 6.05. The maximum atomic E-state index is 13.1. The summed E-state index contributed by atoms with van der Waals surface area (Å²) >= 11 is 0. The van der Waals surface area contributed by atoms with Crippen LogP contribution in [0.25, 0.3) is 10.9 Å². The lowest BCUT2D eigenvalue weighted by Crippen LogP contribution is -2.24. The standard InChI is InChI=1S/C20H15FN2O5/c1-28-20(27)15-8-14(18(25)19(22)26)13-7-11(9-23-16(13)17(15)24)6-10-2-4-12(21)5-3-10/h2-5,7-9,24H,6H2,1H3,(H2,22,26). The number of hydrogen-bond acceptors (Lipinski definition) is 6. The molecule has 28 heavy (non-hydrogen) atoms. The van der Waals surface area contributed by atoms with Gasteiger partial charge >= 0.3 is 5.97 Å². The number of aromatic hydroxyl groups is 1. The third-order valence-electron chi connectivity index (χ3n) is 4.20. The molecule has 8 heteroatoms. The second kappa shape index (κ2) is 7.43. The fourth-order valence-electron chi connectivity index (χ4n) is 2.84. The minimum absolute atomic E-state index is 0.0460. The number of rotatable bonds is 5. The fraction of sp³-hybridized carbons (Fsp3) is 0.100. The first-order valence-corrected chi connectivity index (χ1v) is 8.13. The highest BCUT2D eigenvalue weighted by molar-refractivity contribution is 6.44. The molecule has 1 heterocycles. The van der Waals surface area contributed by atoms with Crippen molar-refractivity contribution in [2.45, 2.75) is 6.42 Å². The van der Waals surface area contributed by atoms with E-state index in [1.54, 1.807) is 18.2 Å². The largest absolute Gasteiger partial charge is 0.505 e. The number of nitrogens with zero attached hydrogens (tertiary/aromatic N) is 1. The molecule has 0 saturated carbocycles. The number of methoxy groups -OCH3 is 1. The molecule has 0 fully saturated rings. The molecule has 0 atom stereocenters. The molecule has 1 amide bonds. The first kappa shape index (κ1) is 19.0. The van der Waals surface area contributed by atoms with Crippen LogP contribution in [0.5, 0.6) is 5.75 Å². The zero-order valence-corrected chi connectivity index (χ0v) is 14.7. The van der Waals surface area contributed by atoms with Crippen LogP contribution in [0.3, 0.4) is 0 Å². The van der Waals surface area contributed by atoms with Crippen molar-refractivity contribution in [3.8, 4) is 5.75 Å². The Morgan fingerprint density at radius 2 is 1.79 bits per heavy atom. The number of phenols is 1. The van der Waals surface area contributed by atoms with Gasteiger partial charge in [0, 0.05) is 17.1 Å². The molecule has 0 radical (unpaired) electrons. The zero-order chi connectivity index (χ0) is 20.4. The van der Waals surface area contributed by atoms with Crippen molar-refractivity contribution in [2.24, 2.45) is 5.73 Å². The number of hydrogen-bond donors (Lipinski definition) is 2. The fourth-order valence-corrected chi connectivity index (χ4v) is 2.84. The van der Waals surface area contributed by atoms with E-state index in [1.807, 2.05) is 0 Å². The van der Waals surface area contributed by atoms with Crippen molar-refractivity contribution < 1.29 is 28.6 Å². The number of ketones is 1. The van der Waals surface area contributed by atoms with E-state index in [1.165, 1.54) is 18.3 Å². The van der Waals surface area contributed by atoms with Gasteiger partial charge < -0.3 is 15.6 Å². The Hall–Kier alpha value is -3.81. The summed E-state index contributed by atoms with van der Waals surface area (Å²) in [5.41, 5.74) is 6.02. The topological polar surface area (TPSA) is 120 Å². The lowest BCUT2D eigenvalue weighted by Gasteiger charge is -2.11. The van der Waals surface area contributed by atoms with Crippen LogP contribution in [0.2, 0.25) is 0 Å². The molecule has 3 aromatic rings. The Labute approximate surface area is 158 Å². The van der Waals surface area contributed by atoms with Gasteiger partial charge in [0.25, 0.3) is 11.7 Å². The molecule has 1 aromatic heterocycles. The number of amides is 1. The maximum absolute atomic E-state index is 13.1. The van der Waals surface area contributed by atoms with E-state index in [9.17, 15) is 23.9 Å². The van der Waals surface area contributed by atoms with Crippen LogP contribution in [0, 0.1) is 5.82 Å². The predicted molar refractivity (Wildman–Crippen MR) is 97.5 cm³/mol. The monoisotopic (exact) mass is 382 g/mol. The molecular weight excluding hydrogens is 367 g/mol. The summed E-state index contributed by atoms with van der Waals surface area (Å²) in [5, 5.41) is 10.5. The Morgan fingerprint density at radius 3 is 2.39 bits per heavy atom. The highest BCUT2D eigenvalue weighted by atomic mass is 19.1. The van der Waals surface area contributed by atoms with Gasteiger partial charge in [0.2, 0.25) is 0 Å². The summed E-state index contributed by atoms with van der Waals surface area (Å²) < 4.78 is 17.7. The summed E-state index contributed by atoms with van der Waals surface area (Å²) in [6, 6.07) is 8.46. The molecule has 3 rings (SSSR count). The zero-order valence-electron chi connectivity index (χ0n) is 14.7. The van der Waals surface area contributed by atoms with Gasteiger partial charge in [-0.2, -0.15) is 0 Å². The van der Waals surface area contributed by atoms with Gasteiger partial charge in [-0.3, -0.25) is 14.6 Å². The van der Waals surface area contributed by atoms with Gasteiger partial charge in [-0.25, -0.2) is 9.18 Å². The van der Waals surface area contributed by atoms with E-state index in [0.717, 1.165) is 18.7 Å². The quantitative estimate of drug-likeness (QED) is 0.396. The van der Waals surface area contributed by atoms with Crippen molar-refractivity contribution in [1.82, 2.24) is 4.98 Å². The van der Waals surface area contributed by atoms with Crippen LogP contribution in [0.15, 0.2) is 42.6 Å². The van der Waals surface area contributed by atoms with Gasteiger partial charge in [-0.15, -0.1) is 0 Å². The average molecular weight is 382 g/mol. The van der Waals surface area contributed by atoms with Crippen LogP contribution in [0.1, 0.15) is 31.8 Å². The summed E-state index contributed by atoms with van der Waals surface area (Å²) in [4.78, 5) is 39.7. The number of aromatic nitrogens is 1. The van der Waals surface area contributed by atoms with Gasteiger partial charge in [-0.1, -0.05) is 12.1 Å². The number of Topliss-reactive ketones (excluding diaryl/α,β-unsaturated/α-hetero) is 1. The molecule has 0 aliphatic carbocycles. The van der Waals surface area contributed by atoms with Crippen molar-refractivity contribution >= 4 is 28.6 Å².